The van der Waals surface area contributed by atoms with E-state index >= 15 is 0 Å². The Hall–Kier alpha value is -2.20. The van der Waals surface area contributed by atoms with Gasteiger partial charge < -0.3 is 33.8 Å². The van der Waals surface area contributed by atoms with Gasteiger partial charge in [-0.1, -0.05) is 335 Å². The van der Waals surface area contributed by atoms with Crippen LogP contribution >= 0.6 is 15.6 Å². The predicted molar refractivity (Wildman–Crippen MR) is 391 cm³/mol. The van der Waals surface area contributed by atoms with Crippen LogP contribution in [0.25, 0.3) is 0 Å². The molecule has 0 fully saturated rings. The highest BCUT2D eigenvalue weighted by Gasteiger charge is 2.30. The van der Waals surface area contributed by atoms with E-state index in [9.17, 15) is 43.2 Å². The van der Waals surface area contributed by atoms with E-state index < -0.39 is 97.5 Å². The van der Waals surface area contributed by atoms with Gasteiger partial charge in [-0.05, 0) is 51.4 Å². The van der Waals surface area contributed by atoms with Crippen molar-refractivity contribution in [1.82, 2.24) is 0 Å². The number of phosphoric ester groups is 2. The number of hydrogen-bond donors (Lipinski definition) is 3. The third kappa shape index (κ3) is 70.2. The molecule has 0 aromatic rings. The summed E-state index contributed by atoms with van der Waals surface area (Å²) in [5.41, 5.74) is 0. The Morgan fingerprint density at radius 3 is 0.729 bits per heavy atom. The van der Waals surface area contributed by atoms with Gasteiger partial charge in [0, 0.05) is 25.7 Å². The molecule has 0 aliphatic carbocycles. The molecule has 0 amide bonds. The minimum absolute atomic E-state index is 0.100. The normalized spacial score (nSPS) is 13.9. The summed E-state index contributed by atoms with van der Waals surface area (Å²) in [6, 6.07) is 0. The summed E-state index contributed by atoms with van der Waals surface area (Å²) in [5.74, 6) is -2.12. The molecular weight excluding hydrogens is 1260 g/mol. The van der Waals surface area contributed by atoms with Gasteiger partial charge in [-0.25, -0.2) is 9.13 Å². The molecule has 19 heteroatoms. The zero-order valence-corrected chi connectivity index (χ0v) is 63.9. The highest BCUT2D eigenvalue weighted by atomic mass is 31.2. The third-order valence-corrected chi connectivity index (χ3v) is 19.7. The van der Waals surface area contributed by atoms with Gasteiger partial charge in [0.1, 0.15) is 19.3 Å². The quantitative estimate of drug-likeness (QED) is 0.0169. The van der Waals surface area contributed by atoms with Crippen LogP contribution in [0.4, 0.5) is 0 Å². The monoisotopic (exact) mass is 1410 g/mol. The molecule has 0 aromatic carbocycles. The Bertz CT molecular complexity index is 1870. The first kappa shape index (κ1) is 93.8. The average molecular weight is 1410 g/mol. The van der Waals surface area contributed by atoms with Crippen molar-refractivity contribution in [2.75, 3.05) is 39.6 Å². The van der Waals surface area contributed by atoms with Crippen molar-refractivity contribution in [3.05, 3.63) is 12.2 Å². The van der Waals surface area contributed by atoms with Crippen molar-refractivity contribution in [1.29, 1.82) is 0 Å². The van der Waals surface area contributed by atoms with Crippen molar-refractivity contribution in [2.45, 2.75) is 418 Å². The van der Waals surface area contributed by atoms with Crippen LogP contribution < -0.4 is 0 Å². The number of carbonyl (C=O) groups excluding carboxylic acids is 4. The standard InChI is InChI=1S/C77H148O17P2/c1-5-9-13-17-21-25-29-33-35-39-42-46-50-54-58-62-75(80)88-68-73(94-77(82)64-60-56-52-48-44-40-36-34-30-26-22-18-14-10-6-2)70-92-96(85,86)90-66-71(78)65-89-95(83,84)91-69-72(93-76(81)63-59-55-51-47-43-38-32-28-24-20-16-12-8-4)67-87-74(79)61-57-53-49-45-41-37-31-27-23-19-15-11-7-3/h26,30,71-73,78H,5-25,27-29,31-70H2,1-4H3,(H,83,84)(H,85,86)/b30-26-/t71-,72+,73+/m0/s1. The van der Waals surface area contributed by atoms with E-state index in [1.165, 1.54) is 212 Å². The Kier molecular flexibility index (Phi) is 69.6. The molecule has 17 nitrogen and oxygen atoms in total. The van der Waals surface area contributed by atoms with E-state index in [1.807, 2.05) is 0 Å². The van der Waals surface area contributed by atoms with E-state index in [4.69, 9.17) is 37.0 Å². The Morgan fingerprint density at radius 2 is 0.479 bits per heavy atom. The van der Waals surface area contributed by atoms with Crippen LogP contribution in [0.5, 0.6) is 0 Å². The molecule has 96 heavy (non-hydrogen) atoms. The zero-order valence-electron chi connectivity index (χ0n) is 62.1. The molecule has 0 saturated carbocycles. The number of aliphatic hydroxyl groups excluding tert-OH is 1. The van der Waals surface area contributed by atoms with E-state index in [2.05, 4.69) is 39.8 Å². The molecule has 0 spiro atoms. The summed E-state index contributed by atoms with van der Waals surface area (Å²) in [7, 11) is -9.92. The molecule has 568 valence electrons. The largest absolute Gasteiger partial charge is 0.472 e. The maximum absolute atomic E-state index is 13.1. The van der Waals surface area contributed by atoms with Gasteiger partial charge in [0.25, 0.3) is 0 Å². The van der Waals surface area contributed by atoms with Gasteiger partial charge in [0.05, 0.1) is 26.4 Å². The van der Waals surface area contributed by atoms with Crippen LogP contribution in [-0.2, 0) is 65.4 Å². The van der Waals surface area contributed by atoms with Crippen molar-refractivity contribution in [2.24, 2.45) is 0 Å². The van der Waals surface area contributed by atoms with Gasteiger partial charge in [-0.15, -0.1) is 0 Å². The minimum Gasteiger partial charge on any atom is -0.462 e. The second kappa shape index (κ2) is 71.2. The smallest absolute Gasteiger partial charge is 0.462 e. The molecule has 5 atom stereocenters. The summed E-state index contributed by atoms with van der Waals surface area (Å²) in [6.45, 7) is 4.98. The molecule has 0 bridgehead atoms. The summed E-state index contributed by atoms with van der Waals surface area (Å²) < 4.78 is 68.6. The van der Waals surface area contributed by atoms with E-state index in [0.717, 1.165) is 109 Å². The third-order valence-electron chi connectivity index (χ3n) is 17.8. The molecule has 3 N–H and O–H groups in total. The fourth-order valence-corrected chi connectivity index (χ4v) is 13.2. The van der Waals surface area contributed by atoms with Gasteiger partial charge in [0.2, 0.25) is 0 Å². The first-order chi connectivity index (χ1) is 46.7. The lowest BCUT2D eigenvalue weighted by molar-refractivity contribution is -0.161. The molecule has 0 heterocycles. The number of unbranched alkanes of at least 4 members (excludes halogenated alkanes) is 49. The molecule has 0 rings (SSSR count). The van der Waals surface area contributed by atoms with E-state index in [-0.39, 0.29) is 25.7 Å². The maximum Gasteiger partial charge on any atom is 0.472 e. The number of rotatable bonds is 77. The van der Waals surface area contributed by atoms with Crippen LogP contribution in [0.3, 0.4) is 0 Å². The summed E-state index contributed by atoms with van der Waals surface area (Å²) in [6.07, 6.45) is 63.2. The van der Waals surface area contributed by atoms with E-state index in [1.54, 1.807) is 0 Å². The highest BCUT2D eigenvalue weighted by molar-refractivity contribution is 7.47. The van der Waals surface area contributed by atoms with Crippen LogP contribution in [0.15, 0.2) is 12.2 Å². The SMILES string of the molecule is CCCCCC/C=C\CCCCCCCCCC(=O)O[C@H](COC(=O)CCCCCCCCCCCCCCCCC)COP(=O)(O)OC[C@@H](O)COP(=O)(O)OC[C@@H](COC(=O)CCCCCCCCCCCCCCC)OC(=O)CCCCCCCCCCCCCCC. The van der Waals surface area contributed by atoms with Gasteiger partial charge >= 0.3 is 39.5 Å². The first-order valence-corrected chi connectivity index (χ1v) is 42.9. The average Bonchev–Trinajstić information content (AvgIpc) is 1.43. The molecule has 0 aliphatic heterocycles. The molecule has 0 radical (unpaired) electrons. The van der Waals surface area contributed by atoms with E-state index in [0.29, 0.717) is 25.7 Å². The fourth-order valence-electron chi connectivity index (χ4n) is 11.6. The van der Waals surface area contributed by atoms with Crippen molar-refractivity contribution >= 4 is 39.5 Å². The number of esters is 4. The summed E-state index contributed by atoms with van der Waals surface area (Å²) in [5, 5.41) is 10.6. The van der Waals surface area contributed by atoms with Gasteiger partial charge in [-0.3, -0.25) is 37.3 Å². The van der Waals surface area contributed by atoms with Gasteiger partial charge in [0.15, 0.2) is 12.2 Å². The predicted octanol–water partition coefficient (Wildman–Crippen LogP) is 22.8. The zero-order chi connectivity index (χ0) is 70.4. The molecular formula is C77H148O17P2. The highest BCUT2D eigenvalue weighted by Crippen LogP contribution is 2.45. The summed E-state index contributed by atoms with van der Waals surface area (Å²) >= 11 is 0. The second-order valence-electron chi connectivity index (χ2n) is 27.4. The maximum atomic E-state index is 13.1. The molecule has 0 aliphatic rings. The van der Waals surface area contributed by atoms with Crippen LogP contribution in [0.1, 0.15) is 400 Å². The van der Waals surface area contributed by atoms with Crippen LogP contribution in [0, 0.1) is 0 Å². The van der Waals surface area contributed by atoms with Crippen molar-refractivity contribution in [3.8, 4) is 0 Å². The number of carbonyl (C=O) groups is 4. The lowest BCUT2D eigenvalue weighted by Crippen LogP contribution is -2.30. The van der Waals surface area contributed by atoms with Crippen LogP contribution in [0.2, 0.25) is 0 Å². The number of allylic oxidation sites excluding steroid dienone is 2. The number of ether oxygens (including phenoxy) is 4. The first-order valence-electron chi connectivity index (χ1n) is 39.9. The van der Waals surface area contributed by atoms with Gasteiger partial charge in [-0.2, -0.15) is 0 Å². The molecule has 2 unspecified atom stereocenters. The molecule has 0 saturated heterocycles. The van der Waals surface area contributed by atoms with Crippen molar-refractivity contribution < 1.29 is 80.2 Å². The second-order valence-corrected chi connectivity index (χ2v) is 30.3. The lowest BCUT2D eigenvalue weighted by Gasteiger charge is -2.21. The lowest BCUT2D eigenvalue weighted by atomic mass is 10.0. The summed E-state index contributed by atoms with van der Waals surface area (Å²) in [4.78, 5) is 72.9. The van der Waals surface area contributed by atoms with Crippen LogP contribution in [-0.4, -0.2) is 96.7 Å². The number of hydrogen-bond acceptors (Lipinski definition) is 15. The Labute approximate surface area is 587 Å². The van der Waals surface area contributed by atoms with Crippen molar-refractivity contribution in [3.63, 3.8) is 0 Å². The number of phosphoric acid groups is 2. The topological polar surface area (TPSA) is 237 Å². The molecule has 0 aromatic heterocycles. The Morgan fingerprint density at radius 1 is 0.281 bits per heavy atom. The Balaban J connectivity index is 5.27. The fraction of sp³-hybridized carbons (Fsp3) is 0.922. The number of aliphatic hydroxyl groups is 1. The minimum atomic E-state index is -4.96.